The zero-order valence-corrected chi connectivity index (χ0v) is 19.0. The molecule has 2 aromatic carbocycles. The summed E-state index contributed by atoms with van der Waals surface area (Å²) >= 11 is 5.95. The number of hydrogen-bond donors (Lipinski definition) is 0. The molecule has 2 aromatic rings. The van der Waals surface area contributed by atoms with E-state index in [1.54, 1.807) is 17.0 Å². The molecule has 1 saturated heterocycles. The largest absolute Gasteiger partial charge is 0.368 e. The number of aryl methyl sites for hydroxylation is 1. The third kappa shape index (κ3) is 5.06. The number of carbonyl (C=O) groups is 1. The van der Waals surface area contributed by atoms with Crippen LogP contribution in [-0.2, 0) is 15.0 Å². The van der Waals surface area contributed by atoms with Gasteiger partial charge in [0.1, 0.15) is 6.54 Å². The number of hydrogen-bond acceptors (Lipinski definition) is 4. The van der Waals surface area contributed by atoms with Crippen molar-refractivity contribution in [3.05, 3.63) is 59.1 Å². The quantitative estimate of drug-likeness (QED) is 0.678. The van der Waals surface area contributed by atoms with Crippen LogP contribution in [-0.4, -0.2) is 70.3 Å². The van der Waals surface area contributed by atoms with Crippen molar-refractivity contribution in [2.24, 2.45) is 0 Å². The Kier molecular flexibility index (Phi) is 6.90. The van der Waals surface area contributed by atoms with E-state index in [1.165, 1.54) is 18.4 Å². The van der Waals surface area contributed by atoms with Gasteiger partial charge < -0.3 is 9.80 Å². The summed E-state index contributed by atoms with van der Waals surface area (Å²) in [6.07, 6.45) is 0. The van der Waals surface area contributed by atoms with Crippen molar-refractivity contribution in [2.45, 2.75) is 6.92 Å². The molecule has 1 heterocycles. The number of carbonyl (C=O) groups excluding carboxylic acids is 1. The predicted molar refractivity (Wildman–Crippen MR) is 121 cm³/mol. The van der Waals surface area contributed by atoms with Crippen LogP contribution in [0.5, 0.6) is 0 Å². The Labute approximate surface area is 183 Å². The Morgan fingerprint density at radius 2 is 1.53 bits per heavy atom. The maximum Gasteiger partial charge on any atom is 0.304 e. The molecule has 0 N–H and O–H groups in total. The molecule has 7 nitrogen and oxygen atoms in total. The van der Waals surface area contributed by atoms with E-state index < -0.39 is 10.2 Å². The van der Waals surface area contributed by atoms with Crippen molar-refractivity contribution >= 4 is 39.1 Å². The van der Waals surface area contributed by atoms with E-state index in [4.69, 9.17) is 11.6 Å². The van der Waals surface area contributed by atoms with Crippen LogP contribution < -0.4 is 9.21 Å². The molecule has 3 rings (SSSR count). The first-order valence-electron chi connectivity index (χ1n) is 9.73. The van der Waals surface area contributed by atoms with Crippen molar-refractivity contribution in [3.63, 3.8) is 0 Å². The van der Waals surface area contributed by atoms with Gasteiger partial charge in [-0.2, -0.15) is 12.7 Å². The Balaban J connectivity index is 1.70. The smallest absolute Gasteiger partial charge is 0.304 e. The number of amides is 1. The second-order valence-corrected chi connectivity index (χ2v) is 9.98. The second kappa shape index (κ2) is 9.24. The fourth-order valence-corrected chi connectivity index (χ4v) is 4.48. The van der Waals surface area contributed by atoms with Crippen molar-refractivity contribution in [3.8, 4) is 0 Å². The van der Waals surface area contributed by atoms with E-state index in [0.717, 1.165) is 15.6 Å². The van der Waals surface area contributed by atoms with E-state index in [1.807, 2.05) is 43.3 Å². The van der Waals surface area contributed by atoms with Gasteiger partial charge in [-0.3, -0.25) is 4.79 Å². The van der Waals surface area contributed by atoms with Gasteiger partial charge in [-0.05, 0) is 43.3 Å². The average molecular weight is 451 g/mol. The molecule has 0 aromatic heterocycles. The lowest BCUT2D eigenvalue weighted by Crippen LogP contribution is -2.53. The molecule has 0 bridgehead atoms. The molecule has 1 fully saturated rings. The van der Waals surface area contributed by atoms with E-state index >= 15 is 0 Å². The molecule has 0 saturated carbocycles. The summed E-state index contributed by atoms with van der Waals surface area (Å²) in [5.74, 6) is -0.211. The lowest BCUT2D eigenvalue weighted by atomic mass is 10.2. The van der Waals surface area contributed by atoms with Gasteiger partial charge in [-0.15, -0.1) is 0 Å². The van der Waals surface area contributed by atoms with Gasteiger partial charge in [0.15, 0.2) is 0 Å². The number of rotatable bonds is 6. The van der Waals surface area contributed by atoms with E-state index in [9.17, 15) is 13.2 Å². The SMILES string of the molecule is Cc1ccc(N(CC(=O)N2CCN(c3ccc(Cl)cc3)CC2)S(=O)(=O)N(C)C)cc1. The molecule has 0 unspecified atom stereocenters. The lowest BCUT2D eigenvalue weighted by Gasteiger charge is -2.37. The summed E-state index contributed by atoms with van der Waals surface area (Å²) in [6, 6.07) is 14.7. The molecule has 162 valence electrons. The van der Waals surface area contributed by atoms with Crippen LogP contribution in [0.15, 0.2) is 48.5 Å². The highest BCUT2D eigenvalue weighted by Gasteiger charge is 2.30. The standard InChI is InChI=1S/C21H27ClN4O3S/c1-17-4-8-20(9-5-17)26(30(28,29)23(2)3)16-21(27)25-14-12-24(13-15-25)19-10-6-18(22)7-11-19/h4-11H,12-16H2,1-3H3. The number of anilines is 2. The van der Waals surface area contributed by atoms with E-state index in [-0.39, 0.29) is 12.5 Å². The van der Waals surface area contributed by atoms with Gasteiger partial charge >= 0.3 is 10.2 Å². The van der Waals surface area contributed by atoms with Crippen LogP contribution in [0.25, 0.3) is 0 Å². The average Bonchev–Trinajstić information content (AvgIpc) is 2.73. The minimum atomic E-state index is -3.80. The van der Waals surface area contributed by atoms with Crippen molar-refractivity contribution < 1.29 is 13.2 Å². The zero-order chi connectivity index (χ0) is 21.9. The highest BCUT2D eigenvalue weighted by atomic mass is 35.5. The lowest BCUT2D eigenvalue weighted by molar-refractivity contribution is -0.129. The Hall–Kier alpha value is -2.29. The molecule has 1 amide bonds. The monoisotopic (exact) mass is 450 g/mol. The highest BCUT2D eigenvalue weighted by molar-refractivity contribution is 7.90. The number of piperazine rings is 1. The highest BCUT2D eigenvalue weighted by Crippen LogP contribution is 2.22. The van der Waals surface area contributed by atoms with Crippen LogP contribution in [0.2, 0.25) is 5.02 Å². The van der Waals surface area contributed by atoms with Gasteiger partial charge in [-0.1, -0.05) is 29.3 Å². The van der Waals surface area contributed by atoms with Crippen molar-refractivity contribution in [1.82, 2.24) is 9.21 Å². The first-order chi connectivity index (χ1) is 14.2. The predicted octanol–water partition coefficient (Wildman–Crippen LogP) is 2.61. The first kappa shape index (κ1) is 22.4. The van der Waals surface area contributed by atoms with Gasteiger partial charge in [0.2, 0.25) is 5.91 Å². The topological polar surface area (TPSA) is 64.2 Å². The first-order valence-corrected chi connectivity index (χ1v) is 11.5. The van der Waals surface area contributed by atoms with Crippen molar-refractivity contribution in [1.29, 1.82) is 0 Å². The molecule has 0 radical (unpaired) electrons. The number of halogens is 1. The van der Waals surface area contributed by atoms with Gasteiger partial charge in [0.25, 0.3) is 0 Å². The second-order valence-electron chi connectivity index (χ2n) is 7.48. The Morgan fingerprint density at radius 3 is 2.07 bits per heavy atom. The fraction of sp³-hybridized carbons (Fsp3) is 0.381. The van der Waals surface area contributed by atoms with Gasteiger partial charge in [0.05, 0.1) is 5.69 Å². The van der Waals surface area contributed by atoms with Crippen molar-refractivity contribution in [2.75, 3.05) is 56.0 Å². The summed E-state index contributed by atoms with van der Waals surface area (Å²) in [4.78, 5) is 16.9. The molecule has 0 spiro atoms. The number of nitrogens with zero attached hydrogens (tertiary/aromatic N) is 4. The Bertz CT molecular complexity index is 970. The third-order valence-corrected chi connectivity index (χ3v) is 7.24. The van der Waals surface area contributed by atoms with Crippen LogP contribution in [0.4, 0.5) is 11.4 Å². The molecule has 0 aliphatic carbocycles. The van der Waals surface area contributed by atoms with Gasteiger partial charge in [-0.25, -0.2) is 4.31 Å². The van der Waals surface area contributed by atoms with Crippen LogP contribution in [0.1, 0.15) is 5.56 Å². The molecular formula is C21H27ClN4O3S. The molecule has 1 aliphatic heterocycles. The Morgan fingerprint density at radius 1 is 0.967 bits per heavy atom. The molecule has 9 heteroatoms. The molecule has 1 aliphatic rings. The summed E-state index contributed by atoms with van der Waals surface area (Å²) in [5.41, 5.74) is 2.55. The van der Waals surface area contributed by atoms with Gasteiger partial charge in [0, 0.05) is 51.0 Å². The normalized spacial score (nSPS) is 14.8. The number of benzene rings is 2. The maximum atomic E-state index is 13.0. The van der Waals surface area contributed by atoms with E-state index in [0.29, 0.717) is 36.9 Å². The summed E-state index contributed by atoms with van der Waals surface area (Å²) in [5, 5.41) is 0.686. The molecule has 30 heavy (non-hydrogen) atoms. The fourth-order valence-electron chi connectivity index (χ4n) is 3.30. The minimum absolute atomic E-state index is 0.211. The maximum absolute atomic E-state index is 13.0. The molecular weight excluding hydrogens is 424 g/mol. The third-order valence-electron chi connectivity index (χ3n) is 5.16. The summed E-state index contributed by atoms with van der Waals surface area (Å²) in [6.45, 7) is 4.12. The summed E-state index contributed by atoms with van der Waals surface area (Å²) < 4.78 is 28.0. The van der Waals surface area contributed by atoms with Crippen LogP contribution in [0, 0.1) is 6.92 Å². The van der Waals surface area contributed by atoms with Crippen LogP contribution in [0.3, 0.4) is 0 Å². The molecule has 0 atom stereocenters. The zero-order valence-electron chi connectivity index (χ0n) is 17.5. The minimum Gasteiger partial charge on any atom is -0.368 e. The van der Waals surface area contributed by atoms with E-state index in [2.05, 4.69) is 4.90 Å². The summed E-state index contributed by atoms with van der Waals surface area (Å²) in [7, 11) is -0.872. The van der Waals surface area contributed by atoms with Crippen LogP contribution >= 0.6 is 11.6 Å².